The van der Waals surface area contributed by atoms with Crippen molar-refractivity contribution in [3.8, 4) is 0 Å². The van der Waals surface area contributed by atoms with Crippen molar-refractivity contribution in [2.75, 3.05) is 0 Å². The van der Waals surface area contributed by atoms with E-state index in [1.807, 2.05) is 0 Å². The smallest absolute Gasteiger partial charge is 0.309 e. The fourth-order valence-corrected chi connectivity index (χ4v) is 1.81. The van der Waals surface area contributed by atoms with Gasteiger partial charge in [-0.15, -0.1) is 0 Å². The van der Waals surface area contributed by atoms with Crippen molar-refractivity contribution in [3.63, 3.8) is 0 Å². The first-order chi connectivity index (χ1) is 6.55. The largest absolute Gasteiger partial charge is 0.481 e. The second kappa shape index (κ2) is 2.80. The molecule has 2 rings (SSSR count). The lowest BCUT2D eigenvalue weighted by molar-refractivity contribution is -0.142. The normalized spacial score (nSPS) is 30.0. The molecule has 74 valence electrons. The standard InChI is InChI=1S/C11H11FO2/c1-11(10(13)14)6-8(11)7-4-2-3-5-9(7)12/h2-5,8H,6H2,1H3,(H,13,14)/t8-,11+/m1/s1. The Morgan fingerprint density at radius 1 is 1.57 bits per heavy atom. The Morgan fingerprint density at radius 2 is 2.21 bits per heavy atom. The van der Waals surface area contributed by atoms with E-state index < -0.39 is 11.4 Å². The van der Waals surface area contributed by atoms with E-state index in [4.69, 9.17) is 5.11 Å². The lowest BCUT2D eigenvalue weighted by Crippen LogP contribution is -2.12. The van der Waals surface area contributed by atoms with Gasteiger partial charge in [0.2, 0.25) is 0 Å². The molecule has 14 heavy (non-hydrogen) atoms. The first-order valence-corrected chi connectivity index (χ1v) is 4.53. The van der Waals surface area contributed by atoms with Crippen LogP contribution in [-0.2, 0) is 4.79 Å². The topological polar surface area (TPSA) is 37.3 Å². The lowest BCUT2D eigenvalue weighted by atomic mass is 10.0. The van der Waals surface area contributed by atoms with E-state index in [1.54, 1.807) is 25.1 Å². The van der Waals surface area contributed by atoms with E-state index in [9.17, 15) is 9.18 Å². The first kappa shape index (κ1) is 9.19. The van der Waals surface area contributed by atoms with E-state index in [0.29, 0.717) is 12.0 Å². The Hall–Kier alpha value is -1.38. The van der Waals surface area contributed by atoms with Crippen LogP contribution in [0.25, 0.3) is 0 Å². The summed E-state index contributed by atoms with van der Waals surface area (Å²) in [5.41, 5.74) is -0.236. The predicted molar refractivity (Wildman–Crippen MR) is 49.5 cm³/mol. The monoisotopic (exact) mass is 194 g/mol. The number of carboxylic acids is 1. The minimum absolute atomic E-state index is 0.166. The number of hydrogen-bond acceptors (Lipinski definition) is 1. The van der Waals surface area contributed by atoms with E-state index >= 15 is 0 Å². The van der Waals surface area contributed by atoms with E-state index in [2.05, 4.69) is 0 Å². The maximum absolute atomic E-state index is 13.3. The van der Waals surface area contributed by atoms with Crippen LogP contribution in [0, 0.1) is 11.2 Å². The number of aliphatic carboxylic acids is 1. The maximum Gasteiger partial charge on any atom is 0.309 e. The van der Waals surface area contributed by atoms with Crippen molar-refractivity contribution in [2.45, 2.75) is 19.3 Å². The van der Waals surface area contributed by atoms with Gasteiger partial charge in [-0.1, -0.05) is 18.2 Å². The summed E-state index contributed by atoms with van der Waals surface area (Å²) in [6.45, 7) is 1.66. The first-order valence-electron chi connectivity index (χ1n) is 4.53. The highest BCUT2D eigenvalue weighted by Gasteiger charge is 2.57. The lowest BCUT2D eigenvalue weighted by Gasteiger charge is -2.05. The number of benzene rings is 1. The van der Waals surface area contributed by atoms with E-state index in [-0.39, 0.29) is 11.7 Å². The third-order valence-electron chi connectivity index (χ3n) is 3.01. The van der Waals surface area contributed by atoms with Crippen LogP contribution in [0.4, 0.5) is 4.39 Å². The molecule has 1 saturated carbocycles. The number of rotatable bonds is 2. The summed E-state index contributed by atoms with van der Waals surface area (Å²) >= 11 is 0. The van der Waals surface area contributed by atoms with Crippen LogP contribution in [0.15, 0.2) is 24.3 Å². The third kappa shape index (κ3) is 1.20. The molecule has 0 aromatic heterocycles. The van der Waals surface area contributed by atoms with Gasteiger partial charge >= 0.3 is 5.97 Å². The summed E-state index contributed by atoms with van der Waals surface area (Å²) in [6.07, 6.45) is 0.531. The molecule has 0 spiro atoms. The molecule has 3 heteroatoms. The Bertz CT molecular complexity index is 389. The zero-order valence-corrected chi connectivity index (χ0v) is 7.83. The molecule has 1 aliphatic rings. The number of carboxylic acid groups (broad SMARTS) is 1. The van der Waals surface area contributed by atoms with Gasteiger partial charge in [-0.25, -0.2) is 4.39 Å². The second-order valence-corrected chi connectivity index (χ2v) is 4.00. The van der Waals surface area contributed by atoms with Crippen molar-refractivity contribution >= 4 is 5.97 Å². The van der Waals surface area contributed by atoms with Crippen molar-refractivity contribution in [1.82, 2.24) is 0 Å². The summed E-state index contributed by atoms with van der Waals surface area (Å²) in [5.74, 6) is -1.31. The highest BCUT2D eigenvalue weighted by molar-refractivity contribution is 5.80. The van der Waals surface area contributed by atoms with Gasteiger partial charge in [0.15, 0.2) is 0 Å². The highest BCUT2D eigenvalue weighted by atomic mass is 19.1. The van der Waals surface area contributed by atoms with Gasteiger partial charge in [0, 0.05) is 5.92 Å². The Morgan fingerprint density at radius 3 is 2.71 bits per heavy atom. The van der Waals surface area contributed by atoms with Gasteiger partial charge in [0.1, 0.15) is 5.82 Å². The summed E-state index contributed by atoms with van der Waals surface area (Å²) in [6, 6.07) is 6.38. The second-order valence-electron chi connectivity index (χ2n) is 4.00. The minimum atomic E-state index is -0.842. The van der Waals surface area contributed by atoms with Crippen molar-refractivity contribution < 1.29 is 14.3 Å². The molecule has 1 fully saturated rings. The van der Waals surface area contributed by atoms with Crippen molar-refractivity contribution in [1.29, 1.82) is 0 Å². The molecular weight excluding hydrogens is 183 g/mol. The summed E-state index contributed by atoms with van der Waals surface area (Å²) in [5, 5.41) is 8.91. The molecule has 0 saturated heterocycles. The van der Waals surface area contributed by atoms with Crippen LogP contribution >= 0.6 is 0 Å². The molecule has 0 aliphatic heterocycles. The average Bonchev–Trinajstić information content (AvgIpc) is 2.80. The van der Waals surface area contributed by atoms with Crippen molar-refractivity contribution in [3.05, 3.63) is 35.6 Å². The Labute approximate surface area is 81.4 Å². The highest BCUT2D eigenvalue weighted by Crippen LogP contribution is 2.59. The van der Waals surface area contributed by atoms with Crippen LogP contribution < -0.4 is 0 Å². The van der Waals surface area contributed by atoms with E-state index in [1.165, 1.54) is 6.07 Å². The van der Waals surface area contributed by atoms with Crippen LogP contribution in [0.3, 0.4) is 0 Å². The van der Waals surface area contributed by atoms with Gasteiger partial charge in [0.25, 0.3) is 0 Å². The number of halogens is 1. The molecule has 0 bridgehead atoms. The third-order valence-corrected chi connectivity index (χ3v) is 3.01. The summed E-state index contributed by atoms with van der Waals surface area (Å²) in [7, 11) is 0. The average molecular weight is 194 g/mol. The molecular formula is C11H11FO2. The van der Waals surface area contributed by atoms with Gasteiger partial charge in [-0.2, -0.15) is 0 Å². The van der Waals surface area contributed by atoms with Crippen LogP contribution in [0.1, 0.15) is 24.8 Å². The van der Waals surface area contributed by atoms with Gasteiger partial charge < -0.3 is 5.11 Å². The molecule has 0 radical (unpaired) electrons. The molecule has 1 aromatic rings. The maximum atomic E-state index is 13.3. The molecule has 0 amide bonds. The van der Waals surface area contributed by atoms with Crippen LogP contribution in [-0.4, -0.2) is 11.1 Å². The predicted octanol–water partition coefficient (Wildman–Crippen LogP) is 2.40. The summed E-state index contributed by atoms with van der Waals surface area (Å²) < 4.78 is 13.3. The fourth-order valence-electron chi connectivity index (χ4n) is 1.81. The summed E-state index contributed by atoms with van der Waals surface area (Å²) in [4.78, 5) is 10.9. The van der Waals surface area contributed by atoms with Crippen LogP contribution in [0.5, 0.6) is 0 Å². The zero-order chi connectivity index (χ0) is 10.3. The quantitative estimate of drug-likeness (QED) is 0.784. The molecule has 2 atom stereocenters. The number of carbonyl (C=O) groups is 1. The fraction of sp³-hybridized carbons (Fsp3) is 0.364. The van der Waals surface area contributed by atoms with Gasteiger partial charge in [0.05, 0.1) is 5.41 Å². The molecule has 1 N–H and O–H groups in total. The Kier molecular flexibility index (Phi) is 1.84. The number of hydrogen-bond donors (Lipinski definition) is 1. The molecule has 1 aromatic carbocycles. The van der Waals surface area contributed by atoms with E-state index in [0.717, 1.165) is 0 Å². The molecule has 0 heterocycles. The minimum Gasteiger partial charge on any atom is -0.481 e. The molecule has 1 aliphatic carbocycles. The molecule has 2 nitrogen and oxygen atoms in total. The Balaban J connectivity index is 2.29. The van der Waals surface area contributed by atoms with Gasteiger partial charge in [-0.05, 0) is 25.0 Å². The SMILES string of the molecule is C[C@]1(C(=O)O)C[C@@H]1c1ccccc1F. The molecule has 0 unspecified atom stereocenters. The zero-order valence-electron chi connectivity index (χ0n) is 7.83. The van der Waals surface area contributed by atoms with Crippen LogP contribution in [0.2, 0.25) is 0 Å². The van der Waals surface area contributed by atoms with Gasteiger partial charge in [-0.3, -0.25) is 4.79 Å². The van der Waals surface area contributed by atoms with Crippen molar-refractivity contribution in [2.24, 2.45) is 5.41 Å².